The number of hydrogen-bond acceptors (Lipinski definition) is 3. The zero-order valence-electron chi connectivity index (χ0n) is 10.1. The molecule has 17 heavy (non-hydrogen) atoms. The predicted octanol–water partition coefficient (Wildman–Crippen LogP) is 3.18. The van der Waals surface area contributed by atoms with Gasteiger partial charge < -0.3 is 9.47 Å². The van der Waals surface area contributed by atoms with Crippen molar-refractivity contribution >= 4 is 5.78 Å². The number of ether oxygens (including phenoxy) is 2. The van der Waals surface area contributed by atoms with E-state index in [-0.39, 0.29) is 5.78 Å². The first kappa shape index (κ1) is 12.1. The molecule has 2 rings (SSSR count). The second-order valence-electron chi connectivity index (χ2n) is 4.25. The molecule has 1 aromatic rings. The van der Waals surface area contributed by atoms with Gasteiger partial charge in [-0.25, -0.2) is 0 Å². The Balaban J connectivity index is 1.91. The highest BCUT2D eigenvalue weighted by molar-refractivity contribution is 5.99. The van der Waals surface area contributed by atoms with E-state index in [1.807, 2.05) is 18.2 Å². The van der Waals surface area contributed by atoms with Crippen LogP contribution in [-0.4, -0.2) is 18.7 Å². The fourth-order valence-corrected chi connectivity index (χ4v) is 1.90. The Morgan fingerprint density at radius 3 is 3.00 bits per heavy atom. The van der Waals surface area contributed by atoms with Crippen LogP contribution in [0.25, 0.3) is 0 Å². The van der Waals surface area contributed by atoms with Gasteiger partial charge in [0.05, 0.1) is 18.6 Å². The molecule has 0 spiro atoms. The molecule has 92 valence electrons. The number of Topliss-reactive ketones (excluding diaryl/α,β-unsaturated/α-hetero) is 1. The van der Waals surface area contributed by atoms with Crippen LogP contribution in [-0.2, 0) is 4.74 Å². The average Bonchev–Trinajstić information content (AvgIpc) is 2.35. The Morgan fingerprint density at radius 1 is 1.35 bits per heavy atom. The molecule has 0 aromatic heterocycles. The second-order valence-corrected chi connectivity index (χ2v) is 4.25. The van der Waals surface area contributed by atoms with Gasteiger partial charge in [-0.15, -0.1) is 0 Å². The van der Waals surface area contributed by atoms with Crippen molar-refractivity contribution < 1.29 is 14.3 Å². The van der Waals surface area contributed by atoms with Crippen molar-refractivity contribution in [2.45, 2.75) is 38.9 Å². The molecule has 1 unspecified atom stereocenters. The maximum Gasteiger partial charge on any atom is 0.207 e. The molecule has 1 aliphatic heterocycles. The van der Waals surface area contributed by atoms with Crippen LogP contribution >= 0.6 is 0 Å². The number of para-hydroxylation sites is 1. The normalized spacial score (nSPS) is 18.6. The summed E-state index contributed by atoms with van der Waals surface area (Å²) in [6.45, 7) is 2.81. The quantitative estimate of drug-likeness (QED) is 0.734. The van der Waals surface area contributed by atoms with Gasteiger partial charge in [0.2, 0.25) is 6.29 Å². The highest BCUT2D eigenvalue weighted by Crippen LogP contribution is 2.27. The van der Waals surface area contributed by atoms with Crippen LogP contribution in [0.15, 0.2) is 24.3 Å². The monoisotopic (exact) mass is 234 g/mol. The van der Waals surface area contributed by atoms with E-state index < -0.39 is 6.29 Å². The van der Waals surface area contributed by atoms with Gasteiger partial charge in [-0.2, -0.15) is 0 Å². The first-order chi connectivity index (χ1) is 8.31. The molecular formula is C14H18O3. The lowest BCUT2D eigenvalue weighted by Gasteiger charge is -2.24. The number of fused-ring (bicyclic) bond motifs is 1. The summed E-state index contributed by atoms with van der Waals surface area (Å²) in [6, 6.07) is 7.33. The third-order valence-corrected chi connectivity index (χ3v) is 2.85. The maximum atomic E-state index is 11.8. The number of benzene rings is 1. The van der Waals surface area contributed by atoms with E-state index in [2.05, 4.69) is 6.92 Å². The number of unbranched alkanes of at least 4 members (excludes halogenated alkanes) is 2. The number of carbonyl (C=O) groups is 1. The maximum absolute atomic E-state index is 11.8. The van der Waals surface area contributed by atoms with E-state index >= 15 is 0 Å². The summed E-state index contributed by atoms with van der Waals surface area (Å²) in [4.78, 5) is 11.8. The molecule has 3 nitrogen and oxygen atoms in total. The molecule has 1 aliphatic rings. The minimum Gasteiger partial charge on any atom is -0.464 e. The molecule has 0 amide bonds. The molecule has 1 atom stereocenters. The van der Waals surface area contributed by atoms with E-state index in [4.69, 9.17) is 9.47 Å². The van der Waals surface area contributed by atoms with Gasteiger partial charge in [-0.05, 0) is 18.6 Å². The van der Waals surface area contributed by atoms with E-state index in [9.17, 15) is 4.79 Å². The smallest absolute Gasteiger partial charge is 0.207 e. The molecule has 0 saturated heterocycles. The van der Waals surface area contributed by atoms with E-state index in [1.54, 1.807) is 6.07 Å². The van der Waals surface area contributed by atoms with Crippen LogP contribution in [0.4, 0.5) is 0 Å². The standard InChI is InChI=1S/C14H18O3/c1-2-3-6-9-16-14-10-12(15)11-7-4-5-8-13(11)17-14/h4-5,7-8,14H,2-3,6,9-10H2,1H3. The molecular weight excluding hydrogens is 216 g/mol. The Bertz CT molecular complexity index is 387. The van der Waals surface area contributed by atoms with Gasteiger partial charge in [0.15, 0.2) is 5.78 Å². The number of ketones is 1. The van der Waals surface area contributed by atoms with Gasteiger partial charge in [-0.3, -0.25) is 4.79 Å². The molecule has 1 heterocycles. The average molecular weight is 234 g/mol. The third-order valence-electron chi connectivity index (χ3n) is 2.85. The zero-order chi connectivity index (χ0) is 12.1. The summed E-state index contributed by atoms with van der Waals surface area (Å²) in [7, 11) is 0. The molecule has 0 N–H and O–H groups in total. The fourth-order valence-electron chi connectivity index (χ4n) is 1.90. The Hall–Kier alpha value is -1.35. The summed E-state index contributed by atoms with van der Waals surface area (Å²) in [5.74, 6) is 0.747. The molecule has 3 heteroatoms. The molecule has 0 saturated carbocycles. The van der Waals surface area contributed by atoms with Crippen molar-refractivity contribution in [3.63, 3.8) is 0 Å². The summed E-state index contributed by atoms with van der Waals surface area (Å²) in [5, 5.41) is 0. The topological polar surface area (TPSA) is 35.5 Å². The van der Waals surface area contributed by atoms with Crippen LogP contribution in [0.5, 0.6) is 5.75 Å². The first-order valence-corrected chi connectivity index (χ1v) is 6.21. The Morgan fingerprint density at radius 2 is 2.18 bits per heavy atom. The van der Waals surface area contributed by atoms with E-state index in [0.29, 0.717) is 24.3 Å². The Labute approximate surface area is 102 Å². The highest BCUT2D eigenvalue weighted by atomic mass is 16.7. The molecule has 1 aromatic carbocycles. The van der Waals surface area contributed by atoms with Crippen molar-refractivity contribution in [1.82, 2.24) is 0 Å². The highest BCUT2D eigenvalue weighted by Gasteiger charge is 2.26. The van der Waals surface area contributed by atoms with Gasteiger partial charge in [0.25, 0.3) is 0 Å². The van der Waals surface area contributed by atoms with Gasteiger partial charge >= 0.3 is 0 Å². The molecule has 0 radical (unpaired) electrons. The molecule has 0 aliphatic carbocycles. The van der Waals surface area contributed by atoms with Crippen molar-refractivity contribution in [2.75, 3.05) is 6.61 Å². The van der Waals surface area contributed by atoms with Crippen molar-refractivity contribution in [1.29, 1.82) is 0 Å². The van der Waals surface area contributed by atoms with Crippen LogP contribution in [0, 0.1) is 0 Å². The van der Waals surface area contributed by atoms with Crippen LogP contribution in [0.3, 0.4) is 0 Å². The minimum absolute atomic E-state index is 0.104. The number of carbonyl (C=O) groups excluding carboxylic acids is 1. The lowest BCUT2D eigenvalue weighted by molar-refractivity contribution is -0.0837. The number of hydrogen-bond donors (Lipinski definition) is 0. The predicted molar refractivity (Wildman–Crippen MR) is 65.3 cm³/mol. The summed E-state index contributed by atoms with van der Waals surface area (Å²) in [5.41, 5.74) is 0.668. The van der Waals surface area contributed by atoms with Gasteiger partial charge in [0, 0.05) is 0 Å². The van der Waals surface area contributed by atoms with Crippen LogP contribution in [0.1, 0.15) is 43.0 Å². The van der Waals surface area contributed by atoms with E-state index in [1.165, 1.54) is 0 Å². The van der Waals surface area contributed by atoms with Crippen molar-refractivity contribution in [3.05, 3.63) is 29.8 Å². The minimum atomic E-state index is -0.408. The SMILES string of the molecule is CCCCCOC1CC(=O)c2ccccc2O1. The van der Waals surface area contributed by atoms with Gasteiger partial charge in [-0.1, -0.05) is 31.9 Å². The zero-order valence-corrected chi connectivity index (χ0v) is 10.1. The Kier molecular flexibility index (Phi) is 4.15. The largest absolute Gasteiger partial charge is 0.464 e. The van der Waals surface area contributed by atoms with E-state index in [0.717, 1.165) is 19.3 Å². The summed E-state index contributed by atoms with van der Waals surface area (Å²) in [6.07, 6.45) is 3.25. The summed E-state index contributed by atoms with van der Waals surface area (Å²) >= 11 is 0. The molecule has 0 bridgehead atoms. The third kappa shape index (κ3) is 3.07. The van der Waals surface area contributed by atoms with Crippen LogP contribution in [0.2, 0.25) is 0 Å². The van der Waals surface area contributed by atoms with Gasteiger partial charge in [0.1, 0.15) is 5.75 Å². The lowest BCUT2D eigenvalue weighted by Crippen LogP contribution is -2.29. The summed E-state index contributed by atoms with van der Waals surface area (Å²) < 4.78 is 11.2. The second kappa shape index (κ2) is 5.82. The fraction of sp³-hybridized carbons (Fsp3) is 0.500. The number of rotatable bonds is 5. The molecule has 0 fully saturated rings. The first-order valence-electron chi connectivity index (χ1n) is 6.21. The van der Waals surface area contributed by atoms with Crippen molar-refractivity contribution in [2.24, 2.45) is 0 Å². The van der Waals surface area contributed by atoms with Crippen molar-refractivity contribution in [3.8, 4) is 5.75 Å². The van der Waals surface area contributed by atoms with Crippen LogP contribution < -0.4 is 4.74 Å². The lowest BCUT2D eigenvalue weighted by atomic mass is 10.0.